The lowest BCUT2D eigenvalue weighted by atomic mass is 10.3. The van der Waals surface area contributed by atoms with E-state index in [1.54, 1.807) is 0 Å². The Balaban J connectivity index is 1.53. The third-order valence-electron chi connectivity index (χ3n) is 8.94. The molecule has 0 aliphatic rings. The molecule has 0 heterocycles. The topological polar surface area (TPSA) is 27.7 Å². The van der Waals surface area contributed by atoms with E-state index >= 15 is 0 Å². The summed E-state index contributed by atoms with van der Waals surface area (Å²) in [5.74, 6) is 0. The second kappa shape index (κ2) is 14.1. The van der Waals surface area contributed by atoms with E-state index < -0.39 is 32.3 Å². The van der Waals surface area contributed by atoms with Crippen molar-refractivity contribution in [2.24, 2.45) is 0 Å². The van der Waals surface area contributed by atoms with Crippen molar-refractivity contribution in [3.8, 4) is 0 Å². The Bertz CT molecular complexity index is 1460. The Kier molecular flexibility index (Phi) is 9.79. The summed E-state index contributed by atoms with van der Waals surface area (Å²) in [4.78, 5) is 0. The smallest absolute Gasteiger partial charge is 0.422 e. The normalized spacial score (nSPS) is 12.1. The van der Waals surface area contributed by atoms with Crippen molar-refractivity contribution in [2.45, 2.75) is 19.6 Å². The monoisotopic (exact) mass is 650 g/mol. The molecule has 0 fully saturated rings. The van der Waals surface area contributed by atoms with Crippen molar-refractivity contribution in [1.29, 1.82) is 0 Å². The molecular formula is C39H39BO3Si3. The average Bonchev–Trinajstić information content (AvgIpc) is 3.13. The zero-order valence-corrected chi connectivity index (χ0v) is 29.6. The van der Waals surface area contributed by atoms with Crippen molar-refractivity contribution in [3.63, 3.8) is 0 Å². The summed E-state index contributed by atoms with van der Waals surface area (Å²) in [5.41, 5.74) is 0. The van der Waals surface area contributed by atoms with Crippen LogP contribution < -0.4 is 31.1 Å². The van der Waals surface area contributed by atoms with Gasteiger partial charge in [-0.3, -0.25) is 0 Å². The first-order chi connectivity index (χ1) is 22.4. The lowest BCUT2D eigenvalue weighted by Crippen LogP contribution is -2.70. The van der Waals surface area contributed by atoms with Crippen LogP contribution in [0.15, 0.2) is 182 Å². The minimum atomic E-state index is -2.87. The molecule has 0 aliphatic carbocycles. The van der Waals surface area contributed by atoms with Gasteiger partial charge in [0.25, 0.3) is 0 Å². The molecule has 46 heavy (non-hydrogen) atoms. The molecule has 6 rings (SSSR count). The first kappa shape index (κ1) is 31.9. The van der Waals surface area contributed by atoms with Crippen LogP contribution in [0.2, 0.25) is 19.6 Å². The van der Waals surface area contributed by atoms with Crippen LogP contribution in [0.1, 0.15) is 0 Å². The quantitative estimate of drug-likeness (QED) is 0.171. The highest BCUT2D eigenvalue weighted by Crippen LogP contribution is 2.20. The summed E-state index contributed by atoms with van der Waals surface area (Å²) in [6.45, 7) is 6.77. The predicted octanol–water partition coefficient (Wildman–Crippen LogP) is 5.19. The second-order valence-corrected chi connectivity index (χ2v) is 22.3. The molecule has 3 nitrogen and oxygen atoms in total. The van der Waals surface area contributed by atoms with Crippen LogP contribution in [0.3, 0.4) is 0 Å². The first-order valence-corrected chi connectivity index (χ1v) is 23.0. The second-order valence-electron chi connectivity index (χ2n) is 11.9. The molecule has 6 aromatic rings. The molecule has 0 radical (unpaired) electrons. The molecule has 0 aromatic heterocycles. The van der Waals surface area contributed by atoms with Gasteiger partial charge in [-0.25, -0.2) is 0 Å². The summed E-state index contributed by atoms with van der Waals surface area (Å²) in [6, 6.07) is 63.4. The van der Waals surface area contributed by atoms with Gasteiger partial charge >= 0.3 is 7.32 Å². The highest BCUT2D eigenvalue weighted by atomic mass is 28.4. The van der Waals surface area contributed by atoms with Crippen LogP contribution in [0.25, 0.3) is 0 Å². The van der Waals surface area contributed by atoms with Gasteiger partial charge in [-0.2, -0.15) is 0 Å². The Morgan fingerprint density at radius 3 is 0.587 bits per heavy atom. The maximum Gasteiger partial charge on any atom is 0.608 e. The van der Waals surface area contributed by atoms with Crippen LogP contribution in [0, 0.1) is 0 Å². The molecule has 6 aromatic carbocycles. The molecule has 0 atom stereocenters. The predicted molar refractivity (Wildman–Crippen MR) is 200 cm³/mol. The van der Waals surface area contributed by atoms with Gasteiger partial charge in [0.1, 0.15) is 0 Å². The number of hydrogen-bond acceptors (Lipinski definition) is 3. The van der Waals surface area contributed by atoms with Crippen molar-refractivity contribution in [3.05, 3.63) is 182 Å². The van der Waals surface area contributed by atoms with Gasteiger partial charge in [0, 0.05) is 0 Å². The van der Waals surface area contributed by atoms with E-state index in [9.17, 15) is 0 Å². The molecule has 0 saturated carbocycles. The Labute approximate surface area is 277 Å². The molecular weight excluding hydrogens is 611 g/mol. The summed E-state index contributed by atoms with van der Waals surface area (Å²) in [6.07, 6.45) is 0. The zero-order chi connectivity index (χ0) is 31.9. The summed E-state index contributed by atoms with van der Waals surface area (Å²) >= 11 is 0. The molecule has 0 unspecified atom stereocenters. The number of rotatable bonds is 12. The number of benzene rings is 6. The summed E-state index contributed by atoms with van der Waals surface area (Å²) < 4.78 is 22.4. The maximum atomic E-state index is 7.45. The molecule has 228 valence electrons. The third-order valence-corrected chi connectivity index (χ3v) is 19.5. The van der Waals surface area contributed by atoms with Gasteiger partial charge in [-0.05, 0) is 50.8 Å². The van der Waals surface area contributed by atoms with E-state index in [-0.39, 0.29) is 0 Å². The minimum absolute atomic E-state index is 0.953. The van der Waals surface area contributed by atoms with E-state index in [4.69, 9.17) is 13.0 Å². The molecule has 0 amide bonds. The van der Waals surface area contributed by atoms with Crippen molar-refractivity contribution in [1.82, 2.24) is 0 Å². The fourth-order valence-electron chi connectivity index (χ4n) is 6.09. The molecule has 0 N–H and O–H groups in total. The minimum Gasteiger partial charge on any atom is -0.422 e. The zero-order valence-electron chi connectivity index (χ0n) is 26.6. The highest BCUT2D eigenvalue weighted by molar-refractivity contribution is 7.04. The lowest BCUT2D eigenvalue weighted by Gasteiger charge is -2.39. The summed E-state index contributed by atoms with van der Waals surface area (Å²) in [7, 11) is -9.57. The van der Waals surface area contributed by atoms with Gasteiger partial charge in [-0.15, -0.1) is 0 Å². The van der Waals surface area contributed by atoms with Gasteiger partial charge in [0.2, 0.25) is 25.0 Å². The van der Waals surface area contributed by atoms with E-state index in [2.05, 4.69) is 202 Å². The molecule has 0 spiro atoms. The largest absolute Gasteiger partial charge is 0.608 e. The van der Waals surface area contributed by atoms with Crippen LogP contribution in [0.4, 0.5) is 0 Å². The lowest BCUT2D eigenvalue weighted by molar-refractivity contribution is 0.309. The fourth-order valence-corrected chi connectivity index (χ4v) is 14.6. The van der Waals surface area contributed by atoms with E-state index in [0.29, 0.717) is 0 Å². The third kappa shape index (κ3) is 6.71. The van der Waals surface area contributed by atoms with Crippen LogP contribution in [-0.4, -0.2) is 32.3 Å². The Hall–Kier alpha value is -4.08. The van der Waals surface area contributed by atoms with Gasteiger partial charge in [-0.1, -0.05) is 182 Å². The van der Waals surface area contributed by atoms with E-state index in [0.717, 1.165) is 31.1 Å². The Morgan fingerprint density at radius 1 is 0.283 bits per heavy atom. The van der Waals surface area contributed by atoms with Crippen LogP contribution in [-0.2, 0) is 13.0 Å². The summed E-state index contributed by atoms with van der Waals surface area (Å²) in [5, 5.41) is 6.94. The highest BCUT2D eigenvalue weighted by Gasteiger charge is 2.49. The Morgan fingerprint density at radius 2 is 0.435 bits per heavy atom. The van der Waals surface area contributed by atoms with Crippen molar-refractivity contribution >= 4 is 63.4 Å². The molecule has 7 heteroatoms. The van der Waals surface area contributed by atoms with Crippen molar-refractivity contribution < 1.29 is 13.0 Å². The van der Waals surface area contributed by atoms with Gasteiger partial charge in [0.05, 0.1) is 0 Å². The molecule has 0 aliphatic heterocycles. The first-order valence-electron chi connectivity index (χ1n) is 15.8. The standard InChI is InChI=1S/C39H39BO3Si3/c1-44(34-22-10-4-11-23-34,35-24-12-5-13-25-35)41-40(42-45(2,36-26-14-6-15-27-36)37-28-16-7-17-29-37)43-46(3,38-30-18-8-19-31-38)39-32-20-9-21-33-39/h4-33H,1-3H3. The van der Waals surface area contributed by atoms with Gasteiger partial charge in [0.15, 0.2) is 0 Å². The number of hydrogen-bond donors (Lipinski definition) is 0. The molecule has 0 bridgehead atoms. The maximum absolute atomic E-state index is 7.45. The van der Waals surface area contributed by atoms with Crippen LogP contribution >= 0.6 is 0 Å². The van der Waals surface area contributed by atoms with E-state index in [1.165, 1.54) is 0 Å². The fraction of sp³-hybridized carbons (Fsp3) is 0.0769. The average molecular weight is 651 g/mol. The van der Waals surface area contributed by atoms with Crippen LogP contribution in [0.5, 0.6) is 0 Å². The molecule has 0 saturated heterocycles. The SMILES string of the molecule is C[Si](OB(O[Si](C)(c1ccccc1)c1ccccc1)O[Si](C)(c1ccccc1)c1ccccc1)(c1ccccc1)c1ccccc1. The van der Waals surface area contributed by atoms with E-state index in [1.807, 2.05) is 0 Å². The van der Waals surface area contributed by atoms with Crippen molar-refractivity contribution in [2.75, 3.05) is 0 Å². The van der Waals surface area contributed by atoms with Gasteiger partial charge < -0.3 is 13.0 Å².